The molecule has 0 N–H and O–H groups in total. The Kier molecular flexibility index (Phi) is 2.70. The monoisotopic (exact) mass is 223 g/mol. The van der Waals surface area contributed by atoms with E-state index >= 15 is 0 Å². The number of hydrogen-bond donors (Lipinski definition) is 0. The van der Waals surface area contributed by atoms with Crippen LogP contribution in [-0.4, -0.2) is 23.0 Å². The van der Waals surface area contributed by atoms with Crippen molar-refractivity contribution in [1.29, 1.82) is 0 Å². The highest BCUT2D eigenvalue weighted by atomic mass is 15.2. The van der Waals surface area contributed by atoms with E-state index in [1.54, 1.807) is 0 Å². The van der Waals surface area contributed by atoms with E-state index in [4.69, 9.17) is 0 Å². The molecule has 2 rings (SSSR count). The summed E-state index contributed by atoms with van der Waals surface area (Å²) in [5, 5.41) is 0. The first-order valence-electron chi connectivity index (χ1n) is 6.91. The Balaban J connectivity index is 2.18. The fraction of sp³-hybridized carbons (Fsp3) is 1.00. The van der Waals surface area contributed by atoms with Gasteiger partial charge in [-0.15, -0.1) is 0 Å². The first-order valence-corrected chi connectivity index (χ1v) is 6.91. The quantitative estimate of drug-likeness (QED) is 0.598. The van der Waals surface area contributed by atoms with Crippen molar-refractivity contribution >= 4 is 0 Å². The summed E-state index contributed by atoms with van der Waals surface area (Å²) >= 11 is 0. The summed E-state index contributed by atoms with van der Waals surface area (Å²) < 4.78 is 0. The van der Waals surface area contributed by atoms with E-state index in [0.29, 0.717) is 11.0 Å². The van der Waals surface area contributed by atoms with Gasteiger partial charge in [-0.2, -0.15) is 0 Å². The van der Waals surface area contributed by atoms with Gasteiger partial charge >= 0.3 is 0 Å². The van der Waals surface area contributed by atoms with Crippen molar-refractivity contribution in [3.05, 3.63) is 0 Å². The molecule has 2 fully saturated rings. The van der Waals surface area contributed by atoms with Crippen molar-refractivity contribution in [2.24, 2.45) is 10.8 Å². The zero-order valence-corrected chi connectivity index (χ0v) is 12.1. The Morgan fingerprint density at radius 1 is 0.938 bits per heavy atom. The fourth-order valence-corrected chi connectivity index (χ4v) is 3.34. The van der Waals surface area contributed by atoms with Gasteiger partial charge in [-0.05, 0) is 57.3 Å². The van der Waals surface area contributed by atoms with Crippen LogP contribution in [0.4, 0.5) is 0 Å². The number of piperidine rings is 1. The standard InChI is InChI=1S/C15H29N/c1-13(2,3)12-7-8-15(9-10-15)11-16(12)14(4,5)6/h12H,7-11H2,1-6H3. The topological polar surface area (TPSA) is 3.24 Å². The van der Waals surface area contributed by atoms with Crippen molar-refractivity contribution in [2.45, 2.75) is 78.8 Å². The van der Waals surface area contributed by atoms with Crippen LogP contribution in [0.1, 0.15) is 67.2 Å². The molecule has 1 unspecified atom stereocenters. The lowest BCUT2D eigenvalue weighted by Gasteiger charge is -2.52. The van der Waals surface area contributed by atoms with Crippen LogP contribution in [0.3, 0.4) is 0 Å². The summed E-state index contributed by atoms with van der Waals surface area (Å²) in [6, 6.07) is 0.763. The maximum absolute atomic E-state index is 2.80. The van der Waals surface area contributed by atoms with E-state index in [2.05, 4.69) is 46.4 Å². The second kappa shape index (κ2) is 3.48. The lowest BCUT2D eigenvalue weighted by molar-refractivity contribution is -0.0309. The smallest absolute Gasteiger partial charge is 0.0149 e. The largest absolute Gasteiger partial charge is 0.294 e. The van der Waals surface area contributed by atoms with Crippen molar-refractivity contribution in [3.8, 4) is 0 Å². The molecule has 1 aliphatic heterocycles. The predicted molar refractivity (Wildman–Crippen MR) is 70.6 cm³/mol. The third-order valence-electron chi connectivity index (χ3n) is 4.65. The van der Waals surface area contributed by atoms with Gasteiger partial charge in [0.05, 0.1) is 0 Å². The van der Waals surface area contributed by atoms with Crippen molar-refractivity contribution < 1.29 is 0 Å². The molecule has 1 aliphatic carbocycles. The van der Waals surface area contributed by atoms with Crippen LogP contribution in [0.25, 0.3) is 0 Å². The molecule has 0 aromatic carbocycles. The van der Waals surface area contributed by atoms with Gasteiger partial charge in [-0.1, -0.05) is 20.8 Å². The molecule has 1 saturated carbocycles. The van der Waals surface area contributed by atoms with E-state index in [0.717, 1.165) is 11.5 Å². The molecular weight excluding hydrogens is 194 g/mol. The first kappa shape index (κ1) is 12.4. The van der Waals surface area contributed by atoms with Gasteiger partial charge in [-0.3, -0.25) is 4.90 Å². The molecule has 1 nitrogen and oxygen atoms in total. The lowest BCUT2D eigenvalue weighted by atomic mass is 9.75. The van der Waals surface area contributed by atoms with Crippen molar-refractivity contribution in [1.82, 2.24) is 4.90 Å². The Labute approximate surface area is 102 Å². The maximum Gasteiger partial charge on any atom is 0.0149 e. The molecule has 0 aromatic heterocycles. The number of rotatable bonds is 0. The highest BCUT2D eigenvalue weighted by Gasteiger charge is 2.51. The molecular formula is C15H29N. The number of likely N-dealkylation sites (tertiary alicyclic amines) is 1. The molecule has 94 valence electrons. The maximum atomic E-state index is 2.80. The molecule has 1 heterocycles. The molecule has 0 amide bonds. The normalized spacial score (nSPS) is 30.8. The molecule has 1 saturated heterocycles. The summed E-state index contributed by atoms with van der Waals surface area (Å²) in [4.78, 5) is 2.80. The molecule has 0 radical (unpaired) electrons. The zero-order chi connectivity index (χ0) is 12.2. The minimum Gasteiger partial charge on any atom is -0.294 e. The minimum absolute atomic E-state index is 0.327. The molecule has 16 heavy (non-hydrogen) atoms. The second-order valence-electron chi connectivity index (χ2n) is 8.22. The first-order chi connectivity index (χ1) is 7.14. The van der Waals surface area contributed by atoms with Gasteiger partial charge in [0.15, 0.2) is 0 Å². The molecule has 0 aromatic rings. The van der Waals surface area contributed by atoms with Crippen LogP contribution in [0.15, 0.2) is 0 Å². The van der Waals surface area contributed by atoms with Gasteiger partial charge in [0.2, 0.25) is 0 Å². The Morgan fingerprint density at radius 3 is 1.88 bits per heavy atom. The molecule has 1 atom stereocenters. The summed E-state index contributed by atoms with van der Waals surface area (Å²) in [5.41, 5.74) is 1.48. The van der Waals surface area contributed by atoms with Crippen LogP contribution < -0.4 is 0 Å². The molecule has 2 aliphatic rings. The highest BCUT2D eigenvalue weighted by molar-refractivity contribution is 5.05. The van der Waals surface area contributed by atoms with Crippen LogP contribution in [0, 0.1) is 10.8 Å². The average Bonchev–Trinajstić information content (AvgIpc) is 2.81. The van der Waals surface area contributed by atoms with Crippen LogP contribution >= 0.6 is 0 Å². The lowest BCUT2D eigenvalue weighted by Crippen LogP contribution is -2.57. The minimum atomic E-state index is 0.327. The zero-order valence-electron chi connectivity index (χ0n) is 12.1. The SMILES string of the molecule is CC(C)(C)C1CCC2(CC2)CN1C(C)(C)C. The third kappa shape index (κ3) is 2.30. The Morgan fingerprint density at radius 2 is 1.50 bits per heavy atom. The van der Waals surface area contributed by atoms with Gasteiger partial charge in [-0.25, -0.2) is 0 Å². The van der Waals surface area contributed by atoms with Crippen molar-refractivity contribution in [3.63, 3.8) is 0 Å². The molecule has 1 spiro atoms. The van der Waals surface area contributed by atoms with Crippen LogP contribution in [-0.2, 0) is 0 Å². The third-order valence-corrected chi connectivity index (χ3v) is 4.65. The summed E-state index contributed by atoms with van der Waals surface area (Å²) in [7, 11) is 0. The summed E-state index contributed by atoms with van der Waals surface area (Å²) in [6.45, 7) is 15.7. The Hall–Kier alpha value is -0.0400. The highest BCUT2D eigenvalue weighted by Crippen LogP contribution is 2.55. The second-order valence-corrected chi connectivity index (χ2v) is 8.22. The van der Waals surface area contributed by atoms with Gasteiger partial charge in [0, 0.05) is 18.1 Å². The summed E-state index contributed by atoms with van der Waals surface area (Å²) in [6.07, 6.45) is 5.84. The average molecular weight is 223 g/mol. The van der Waals surface area contributed by atoms with Crippen molar-refractivity contribution in [2.75, 3.05) is 6.54 Å². The van der Waals surface area contributed by atoms with Crippen LogP contribution in [0.5, 0.6) is 0 Å². The predicted octanol–water partition coefficient (Wildman–Crippen LogP) is 4.08. The van der Waals surface area contributed by atoms with E-state index in [-0.39, 0.29) is 0 Å². The van der Waals surface area contributed by atoms with Gasteiger partial charge in [0.25, 0.3) is 0 Å². The molecule has 1 heteroatoms. The molecule has 0 bridgehead atoms. The van der Waals surface area contributed by atoms with E-state index in [9.17, 15) is 0 Å². The summed E-state index contributed by atoms with van der Waals surface area (Å²) in [5.74, 6) is 0. The fourth-order valence-electron chi connectivity index (χ4n) is 3.34. The van der Waals surface area contributed by atoms with E-state index in [1.165, 1.54) is 32.2 Å². The van der Waals surface area contributed by atoms with Crippen LogP contribution in [0.2, 0.25) is 0 Å². The number of nitrogens with zero attached hydrogens (tertiary/aromatic N) is 1. The van der Waals surface area contributed by atoms with E-state index in [1.807, 2.05) is 0 Å². The van der Waals surface area contributed by atoms with Gasteiger partial charge in [0.1, 0.15) is 0 Å². The Bertz CT molecular complexity index is 262. The van der Waals surface area contributed by atoms with E-state index < -0.39 is 0 Å². The van der Waals surface area contributed by atoms with Gasteiger partial charge < -0.3 is 0 Å². The number of hydrogen-bond acceptors (Lipinski definition) is 1.